The van der Waals surface area contributed by atoms with Gasteiger partial charge >= 0.3 is 0 Å². The van der Waals surface area contributed by atoms with E-state index < -0.39 is 0 Å². The average molecular weight is 337 g/mol. The first-order valence-corrected chi connectivity index (χ1v) is 8.70. The summed E-state index contributed by atoms with van der Waals surface area (Å²) in [5, 5.41) is 14.4. The lowest BCUT2D eigenvalue weighted by Gasteiger charge is -2.13. The van der Waals surface area contributed by atoms with Crippen LogP contribution in [0.2, 0.25) is 0 Å². The second-order valence-corrected chi connectivity index (χ2v) is 6.21. The van der Waals surface area contributed by atoms with Gasteiger partial charge in [-0.05, 0) is 63.3 Å². The first-order valence-electron chi connectivity index (χ1n) is 8.70. The first kappa shape index (κ1) is 17.1. The maximum Gasteiger partial charge on any atom is 0.244 e. The number of nitrogens with zero attached hydrogens (tertiary/aromatic N) is 3. The van der Waals surface area contributed by atoms with Crippen molar-refractivity contribution in [2.45, 2.75) is 39.0 Å². The molecule has 0 bridgehead atoms. The van der Waals surface area contributed by atoms with Crippen molar-refractivity contribution < 1.29 is 4.79 Å². The molecule has 6 nitrogen and oxygen atoms in total. The third kappa shape index (κ3) is 5.11. The van der Waals surface area contributed by atoms with Crippen molar-refractivity contribution in [1.82, 2.24) is 15.2 Å². The van der Waals surface area contributed by atoms with Gasteiger partial charge in [-0.1, -0.05) is 11.6 Å². The highest BCUT2D eigenvalue weighted by molar-refractivity contribution is 5.94. The number of hydrogen-bond donors (Lipinski definition) is 2. The first-order chi connectivity index (χ1) is 12.2. The monoisotopic (exact) mass is 337 g/mol. The summed E-state index contributed by atoms with van der Waals surface area (Å²) in [6.07, 6.45) is 9.97. The maximum atomic E-state index is 11.3. The molecule has 2 aromatic rings. The lowest BCUT2D eigenvalue weighted by atomic mass is 9.97. The number of ketones is 1. The van der Waals surface area contributed by atoms with Crippen LogP contribution in [0.15, 0.2) is 42.1 Å². The third-order valence-electron chi connectivity index (χ3n) is 4.24. The SMILES string of the molecule is CC(=O)c1ccc(Nc2cnnc(NCCC3=CCCCC3)n2)cc1. The Morgan fingerprint density at radius 2 is 2.04 bits per heavy atom. The highest BCUT2D eigenvalue weighted by atomic mass is 16.1. The van der Waals surface area contributed by atoms with Crippen LogP contribution in [-0.2, 0) is 0 Å². The van der Waals surface area contributed by atoms with Crippen LogP contribution in [0.3, 0.4) is 0 Å². The summed E-state index contributed by atoms with van der Waals surface area (Å²) in [4.78, 5) is 15.7. The van der Waals surface area contributed by atoms with E-state index in [4.69, 9.17) is 0 Å². The van der Waals surface area contributed by atoms with Crippen molar-refractivity contribution >= 4 is 23.2 Å². The van der Waals surface area contributed by atoms with E-state index in [2.05, 4.69) is 31.9 Å². The maximum absolute atomic E-state index is 11.3. The average Bonchev–Trinajstić information content (AvgIpc) is 2.63. The van der Waals surface area contributed by atoms with Gasteiger partial charge in [0.1, 0.15) is 0 Å². The summed E-state index contributed by atoms with van der Waals surface area (Å²) in [6.45, 7) is 2.36. The molecule has 1 aromatic carbocycles. The summed E-state index contributed by atoms with van der Waals surface area (Å²) >= 11 is 0. The fraction of sp³-hybridized carbons (Fsp3) is 0.368. The lowest BCUT2D eigenvalue weighted by Crippen LogP contribution is -2.09. The number of benzene rings is 1. The van der Waals surface area contributed by atoms with Gasteiger partial charge in [0.25, 0.3) is 0 Å². The molecule has 2 N–H and O–H groups in total. The molecule has 0 saturated carbocycles. The number of anilines is 3. The zero-order valence-corrected chi connectivity index (χ0v) is 14.5. The molecule has 1 heterocycles. The predicted octanol–water partition coefficient (Wildman–Crippen LogP) is 4.12. The number of nitrogens with one attached hydrogen (secondary N) is 2. The lowest BCUT2D eigenvalue weighted by molar-refractivity contribution is 0.101. The number of carbonyl (C=O) groups excluding carboxylic acids is 1. The number of aromatic nitrogens is 3. The van der Waals surface area contributed by atoms with Gasteiger partial charge in [-0.2, -0.15) is 10.1 Å². The van der Waals surface area contributed by atoms with Gasteiger partial charge in [0, 0.05) is 17.8 Å². The van der Waals surface area contributed by atoms with Crippen LogP contribution in [0.25, 0.3) is 0 Å². The largest absolute Gasteiger partial charge is 0.353 e. The molecule has 130 valence electrons. The zero-order chi connectivity index (χ0) is 17.5. The molecule has 0 radical (unpaired) electrons. The highest BCUT2D eigenvalue weighted by Gasteiger charge is 2.05. The fourth-order valence-corrected chi connectivity index (χ4v) is 2.84. The van der Waals surface area contributed by atoms with E-state index in [0.29, 0.717) is 17.3 Å². The minimum atomic E-state index is 0.0508. The molecule has 0 atom stereocenters. The van der Waals surface area contributed by atoms with Crippen LogP contribution in [0.1, 0.15) is 49.4 Å². The molecule has 25 heavy (non-hydrogen) atoms. The Kier molecular flexibility index (Phi) is 5.72. The van der Waals surface area contributed by atoms with E-state index in [9.17, 15) is 4.79 Å². The van der Waals surface area contributed by atoms with Gasteiger partial charge in [-0.25, -0.2) is 0 Å². The van der Waals surface area contributed by atoms with E-state index in [1.54, 1.807) is 25.3 Å². The summed E-state index contributed by atoms with van der Waals surface area (Å²) in [6, 6.07) is 7.27. The topological polar surface area (TPSA) is 79.8 Å². The summed E-state index contributed by atoms with van der Waals surface area (Å²) in [7, 11) is 0. The Morgan fingerprint density at radius 1 is 1.20 bits per heavy atom. The standard InChI is InChI=1S/C19H23N5O/c1-14(25)16-7-9-17(10-8-16)22-18-13-21-24-19(23-18)20-12-11-15-5-3-2-4-6-15/h5,7-10,13H,2-4,6,11-12H2,1H3,(H2,20,22,23,24). The highest BCUT2D eigenvalue weighted by Crippen LogP contribution is 2.20. The molecule has 0 aliphatic heterocycles. The number of carbonyl (C=O) groups is 1. The Balaban J connectivity index is 1.55. The zero-order valence-electron chi connectivity index (χ0n) is 14.5. The fourth-order valence-electron chi connectivity index (χ4n) is 2.84. The van der Waals surface area contributed by atoms with E-state index >= 15 is 0 Å². The number of allylic oxidation sites excluding steroid dienone is 1. The summed E-state index contributed by atoms with van der Waals surface area (Å²) in [5.74, 6) is 1.18. The molecular formula is C19H23N5O. The predicted molar refractivity (Wildman–Crippen MR) is 99.2 cm³/mol. The molecule has 1 aliphatic carbocycles. The Hall–Kier alpha value is -2.76. The van der Waals surface area contributed by atoms with Crippen LogP contribution < -0.4 is 10.6 Å². The van der Waals surface area contributed by atoms with E-state index in [-0.39, 0.29) is 5.78 Å². The van der Waals surface area contributed by atoms with E-state index in [1.807, 2.05) is 12.1 Å². The molecule has 3 rings (SSSR count). The van der Waals surface area contributed by atoms with Crippen LogP contribution in [0.4, 0.5) is 17.5 Å². The van der Waals surface area contributed by atoms with Crippen LogP contribution in [-0.4, -0.2) is 27.5 Å². The Bertz CT molecular complexity index is 755. The molecule has 0 fully saturated rings. The minimum Gasteiger partial charge on any atom is -0.353 e. The van der Waals surface area contributed by atoms with Gasteiger partial charge in [0.05, 0.1) is 6.20 Å². The number of hydrogen-bond acceptors (Lipinski definition) is 6. The van der Waals surface area contributed by atoms with Crippen LogP contribution >= 0.6 is 0 Å². The van der Waals surface area contributed by atoms with Crippen LogP contribution in [0, 0.1) is 0 Å². The third-order valence-corrected chi connectivity index (χ3v) is 4.24. The molecule has 0 saturated heterocycles. The molecule has 0 unspecified atom stereocenters. The smallest absolute Gasteiger partial charge is 0.244 e. The second-order valence-electron chi connectivity index (χ2n) is 6.21. The van der Waals surface area contributed by atoms with Gasteiger partial charge < -0.3 is 10.6 Å². The second kappa shape index (κ2) is 8.37. The van der Waals surface area contributed by atoms with E-state index in [0.717, 1.165) is 18.7 Å². The minimum absolute atomic E-state index is 0.0508. The van der Waals surface area contributed by atoms with Gasteiger partial charge in [-0.15, -0.1) is 5.10 Å². The van der Waals surface area contributed by atoms with Gasteiger partial charge in [-0.3, -0.25) is 4.79 Å². The molecule has 0 spiro atoms. The van der Waals surface area contributed by atoms with Crippen molar-refractivity contribution in [2.24, 2.45) is 0 Å². The van der Waals surface area contributed by atoms with Crippen molar-refractivity contribution in [3.05, 3.63) is 47.7 Å². The molecule has 6 heteroatoms. The number of rotatable bonds is 7. The Labute approximate surface area is 147 Å². The molecule has 1 aliphatic rings. The normalized spacial score (nSPS) is 13.9. The molecular weight excluding hydrogens is 314 g/mol. The number of Topliss-reactive ketones (excluding diaryl/α,β-unsaturated/α-hetero) is 1. The van der Waals surface area contributed by atoms with Gasteiger partial charge in [0.15, 0.2) is 11.6 Å². The molecule has 0 amide bonds. The van der Waals surface area contributed by atoms with Crippen LogP contribution in [0.5, 0.6) is 0 Å². The van der Waals surface area contributed by atoms with Crippen molar-refractivity contribution in [3.63, 3.8) is 0 Å². The van der Waals surface area contributed by atoms with Crippen molar-refractivity contribution in [2.75, 3.05) is 17.2 Å². The van der Waals surface area contributed by atoms with Crippen molar-refractivity contribution in [1.29, 1.82) is 0 Å². The quantitative estimate of drug-likeness (QED) is 0.584. The summed E-state index contributed by atoms with van der Waals surface area (Å²) in [5.41, 5.74) is 3.06. The van der Waals surface area contributed by atoms with Gasteiger partial charge in [0.2, 0.25) is 5.95 Å². The van der Waals surface area contributed by atoms with Crippen molar-refractivity contribution in [3.8, 4) is 0 Å². The Morgan fingerprint density at radius 3 is 2.76 bits per heavy atom. The van der Waals surface area contributed by atoms with E-state index in [1.165, 1.54) is 31.3 Å². The molecule has 1 aromatic heterocycles. The summed E-state index contributed by atoms with van der Waals surface area (Å²) < 4.78 is 0.